The number of carbonyl (C=O) groups excluding carboxylic acids is 1. The number of β-lactam (4-membered cyclic amide) rings is 1. The molecule has 1 amide bonds. The van der Waals surface area contributed by atoms with Gasteiger partial charge in [-0.05, 0) is 0 Å². The first-order valence-electron chi connectivity index (χ1n) is 3.89. The van der Waals surface area contributed by atoms with Gasteiger partial charge in [0.1, 0.15) is 6.04 Å². The van der Waals surface area contributed by atoms with Crippen LogP contribution in [-0.4, -0.2) is 35.8 Å². The SMILES string of the molecule is C[Si](C)(C)N1C(=O)C[C@@H]1C(=O)O. The summed E-state index contributed by atoms with van der Waals surface area (Å²) in [7, 11) is -1.76. The third kappa shape index (κ3) is 1.36. The highest BCUT2D eigenvalue weighted by atomic mass is 28.3. The summed E-state index contributed by atoms with van der Waals surface area (Å²) in [6.07, 6.45) is 0.180. The number of nitrogens with zero attached hydrogens (tertiary/aromatic N) is 1. The minimum atomic E-state index is -1.76. The van der Waals surface area contributed by atoms with E-state index >= 15 is 0 Å². The average Bonchev–Trinajstić information content (AvgIpc) is 1.77. The van der Waals surface area contributed by atoms with Gasteiger partial charge in [-0.1, -0.05) is 19.6 Å². The van der Waals surface area contributed by atoms with Gasteiger partial charge in [-0.2, -0.15) is 0 Å². The largest absolute Gasteiger partial charge is 0.480 e. The Bertz CT molecular complexity index is 233. The molecule has 0 unspecified atom stereocenters. The minimum Gasteiger partial charge on any atom is -0.480 e. The number of hydrogen-bond donors (Lipinski definition) is 1. The standard InChI is InChI=1S/C7H13NO3Si/c1-12(2,3)8-5(7(10)11)4-6(8)9/h5H,4H2,1-3H3,(H,10,11)/t5-/m1/s1. The third-order valence-electron chi connectivity index (χ3n) is 1.96. The molecule has 1 fully saturated rings. The monoisotopic (exact) mass is 187 g/mol. The van der Waals surface area contributed by atoms with Crippen molar-refractivity contribution in [2.24, 2.45) is 0 Å². The minimum absolute atomic E-state index is 0.0124. The van der Waals surface area contributed by atoms with Gasteiger partial charge in [0, 0.05) is 0 Å². The molecule has 1 aliphatic heterocycles. The number of carboxylic acids is 1. The first-order valence-corrected chi connectivity index (χ1v) is 7.33. The molecule has 0 aromatic rings. The third-order valence-corrected chi connectivity index (χ3v) is 3.96. The van der Waals surface area contributed by atoms with Crippen molar-refractivity contribution in [3.63, 3.8) is 0 Å². The van der Waals surface area contributed by atoms with Crippen LogP contribution in [-0.2, 0) is 9.59 Å². The van der Waals surface area contributed by atoms with Crippen LogP contribution in [0.25, 0.3) is 0 Å². The highest BCUT2D eigenvalue weighted by molar-refractivity contribution is 6.76. The van der Waals surface area contributed by atoms with Crippen molar-refractivity contribution in [2.75, 3.05) is 0 Å². The zero-order valence-electron chi connectivity index (χ0n) is 7.50. The summed E-state index contributed by atoms with van der Waals surface area (Å²) in [5, 5.41) is 8.71. The molecular weight excluding hydrogens is 174 g/mol. The Morgan fingerprint density at radius 2 is 2.08 bits per heavy atom. The Balaban J connectivity index is 2.75. The number of hydrogen-bond acceptors (Lipinski definition) is 2. The fraction of sp³-hybridized carbons (Fsp3) is 0.714. The lowest BCUT2D eigenvalue weighted by atomic mass is 10.1. The van der Waals surface area contributed by atoms with Crippen molar-refractivity contribution in [1.29, 1.82) is 0 Å². The Labute approximate surface area is 72.3 Å². The molecule has 1 N–H and O–H groups in total. The summed E-state index contributed by atoms with van der Waals surface area (Å²) in [5.74, 6) is -0.890. The fourth-order valence-electron chi connectivity index (χ4n) is 1.46. The van der Waals surface area contributed by atoms with Gasteiger partial charge in [0.15, 0.2) is 8.24 Å². The maximum atomic E-state index is 11.1. The quantitative estimate of drug-likeness (QED) is 0.506. The van der Waals surface area contributed by atoms with Crippen molar-refractivity contribution < 1.29 is 14.7 Å². The molecule has 4 nitrogen and oxygen atoms in total. The van der Waals surface area contributed by atoms with Crippen molar-refractivity contribution in [3.05, 3.63) is 0 Å². The molecule has 5 heteroatoms. The second-order valence-corrected chi connectivity index (χ2v) is 8.82. The zero-order chi connectivity index (χ0) is 9.52. The first-order chi connectivity index (χ1) is 5.34. The number of carbonyl (C=O) groups is 2. The normalized spacial score (nSPS) is 23.8. The zero-order valence-corrected chi connectivity index (χ0v) is 8.50. The van der Waals surface area contributed by atoms with E-state index in [1.807, 2.05) is 19.6 Å². The van der Waals surface area contributed by atoms with Crippen LogP contribution in [0.3, 0.4) is 0 Å². The summed E-state index contributed by atoms with van der Waals surface area (Å²) in [4.78, 5) is 21.7. The second-order valence-electron chi connectivity index (χ2n) is 3.99. The molecular formula is C7H13NO3Si. The lowest BCUT2D eigenvalue weighted by molar-refractivity contribution is -0.156. The van der Waals surface area contributed by atoms with Crippen molar-refractivity contribution in [3.8, 4) is 0 Å². The summed E-state index contributed by atoms with van der Waals surface area (Å²) < 4.78 is 1.55. The lowest BCUT2D eigenvalue weighted by Crippen LogP contribution is -2.66. The van der Waals surface area contributed by atoms with Crippen LogP contribution in [0.4, 0.5) is 0 Å². The highest BCUT2D eigenvalue weighted by Gasteiger charge is 2.47. The van der Waals surface area contributed by atoms with E-state index in [2.05, 4.69) is 0 Å². The molecule has 1 atom stereocenters. The Morgan fingerprint density at radius 1 is 1.58 bits per heavy atom. The predicted octanol–water partition coefficient (Wildman–Crippen LogP) is 0.507. The van der Waals surface area contributed by atoms with Crippen LogP contribution in [0, 0.1) is 0 Å². The summed E-state index contributed by atoms with van der Waals surface area (Å²) in [5.41, 5.74) is 0. The van der Waals surface area contributed by atoms with E-state index in [9.17, 15) is 9.59 Å². The van der Waals surface area contributed by atoms with Gasteiger partial charge < -0.3 is 9.67 Å². The maximum Gasteiger partial charge on any atom is 0.326 e. The Morgan fingerprint density at radius 3 is 2.25 bits per heavy atom. The number of aliphatic carboxylic acids is 1. The number of carboxylic acid groups (broad SMARTS) is 1. The molecule has 0 aliphatic carbocycles. The molecule has 1 rings (SSSR count). The van der Waals surface area contributed by atoms with Crippen molar-refractivity contribution >= 4 is 20.1 Å². The molecule has 0 radical (unpaired) electrons. The molecule has 1 heterocycles. The van der Waals surface area contributed by atoms with E-state index in [4.69, 9.17) is 5.11 Å². The Hall–Kier alpha value is -0.843. The molecule has 0 aromatic carbocycles. The molecule has 0 saturated carbocycles. The van der Waals surface area contributed by atoms with E-state index in [-0.39, 0.29) is 12.3 Å². The summed E-state index contributed by atoms with van der Waals surface area (Å²) >= 11 is 0. The van der Waals surface area contributed by atoms with E-state index < -0.39 is 20.2 Å². The smallest absolute Gasteiger partial charge is 0.326 e. The van der Waals surface area contributed by atoms with Crippen molar-refractivity contribution in [1.82, 2.24) is 4.57 Å². The van der Waals surface area contributed by atoms with Crippen molar-refractivity contribution in [2.45, 2.75) is 32.1 Å². The fourth-order valence-corrected chi connectivity index (χ4v) is 3.43. The predicted molar refractivity (Wildman–Crippen MR) is 46.2 cm³/mol. The number of rotatable bonds is 2. The van der Waals surface area contributed by atoms with Crippen LogP contribution < -0.4 is 0 Å². The second kappa shape index (κ2) is 2.58. The Kier molecular flexibility index (Phi) is 1.99. The van der Waals surface area contributed by atoms with Gasteiger partial charge in [-0.25, -0.2) is 0 Å². The van der Waals surface area contributed by atoms with E-state index in [1.54, 1.807) is 4.57 Å². The van der Waals surface area contributed by atoms with Gasteiger partial charge in [0.2, 0.25) is 5.91 Å². The van der Waals surface area contributed by atoms with Crippen LogP contribution >= 0.6 is 0 Å². The highest BCUT2D eigenvalue weighted by Crippen LogP contribution is 2.26. The van der Waals surface area contributed by atoms with Gasteiger partial charge in [-0.3, -0.25) is 9.59 Å². The maximum absolute atomic E-state index is 11.1. The van der Waals surface area contributed by atoms with Crippen LogP contribution in [0.15, 0.2) is 0 Å². The molecule has 0 spiro atoms. The average molecular weight is 187 g/mol. The van der Waals surface area contributed by atoms with Crippen LogP contribution in [0.1, 0.15) is 6.42 Å². The van der Waals surface area contributed by atoms with E-state index in [0.717, 1.165) is 0 Å². The summed E-state index contributed by atoms with van der Waals surface area (Å²) in [6, 6.07) is -0.552. The summed E-state index contributed by atoms with van der Waals surface area (Å²) in [6.45, 7) is 5.92. The molecule has 68 valence electrons. The van der Waals surface area contributed by atoms with Gasteiger partial charge in [-0.15, -0.1) is 0 Å². The molecule has 1 aliphatic rings. The van der Waals surface area contributed by atoms with E-state index in [1.165, 1.54) is 0 Å². The molecule has 0 bridgehead atoms. The van der Waals surface area contributed by atoms with E-state index in [0.29, 0.717) is 0 Å². The number of amides is 1. The molecule has 12 heavy (non-hydrogen) atoms. The first kappa shape index (κ1) is 9.25. The van der Waals surface area contributed by atoms with Gasteiger partial charge in [0.25, 0.3) is 0 Å². The van der Waals surface area contributed by atoms with Crippen LogP contribution in [0.2, 0.25) is 19.6 Å². The lowest BCUT2D eigenvalue weighted by Gasteiger charge is -2.46. The van der Waals surface area contributed by atoms with Crippen LogP contribution in [0.5, 0.6) is 0 Å². The van der Waals surface area contributed by atoms with Gasteiger partial charge in [0.05, 0.1) is 6.42 Å². The molecule has 0 aromatic heterocycles. The van der Waals surface area contributed by atoms with Gasteiger partial charge >= 0.3 is 5.97 Å². The molecule has 1 saturated heterocycles. The topological polar surface area (TPSA) is 57.6 Å².